The first-order valence-corrected chi connectivity index (χ1v) is 6.06. The molecular formula is C14H13FN4. The zero-order chi connectivity index (χ0) is 13.2. The predicted molar refractivity (Wildman–Crippen MR) is 71.2 cm³/mol. The van der Waals surface area contributed by atoms with Crippen molar-refractivity contribution in [1.82, 2.24) is 14.6 Å². The maximum Gasteiger partial charge on any atom is 0.160 e. The summed E-state index contributed by atoms with van der Waals surface area (Å²) in [5, 5.41) is 8.10. The van der Waals surface area contributed by atoms with Gasteiger partial charge in [-0.25, -0.2) is 4.39 Å². The number of hydrogen-bond acceptors (Lipinski definition) is 3. The van der Waals surface area contributed by atoms with Gasteiger partial charge in [0.15, 0.2) is 5.65 Å². The summed E-state index contributed by atoms with van der Waals surface area (Å²) in [7, 11) is 0. The van der Waals surface area contributed by atoms with Gasteiger partial charge in [-0.1, -0.05) is 12.1 Å². The summed E-state index contributed by atoms with van der Waals surface area (Å²) in [5.41, 5.74) is 8.27. The van der Waals surface area contributed by atoms with Crippen LogP contribution in [0.25, 0.3) is 5.65 Å². The Kier molecular flexibility index (Phi) is 2.87. The summed E-state index contributed by atoms with van der Waals surface area (Å²) in [5.74, 6) is 0.453. The smallest absolute Gasteiger partial charge is 0.160 e. The van der Waals surface area contributed by atoms with Crippen LogP contribution in [0.4, 0.5) is 10.1 Å². The van der Waals surface area contributed by atoms with Crippen LogP contribution in [0.1, 0.15) is 11.4 Å². The van der Waals surface area contributed by atoms with Crippen molar-refractivity contribution >= 4 is 11.3 Å². The molecule has 3 rings (SSSR count). The van der Waals surface area contributed by atoms with Crippen molar-refractivity contribution in [3.05, 3.63) is 59.8 Å². The predicted octanol–water partition coefficient (Wildman–Crippen LogP) is 2.24. The van der Waals surface area contributed by atoms with E-state index in [9.17, 15) is 4.39 Å². The van der Waals surface area contributed by atoms with Crippen LogP contribution in [0.15, 0.2) is 42.6 Å². The molecule has 4 nitrogen and oxygen atoms in total. The molecule has 3 aromatic rings. The Labute approximate surface area is 109 Å². The molecule has 0 radical (unpaired) electrons. The number of anilines is 1. The molecule has 0 spiro atoms. The van der Waals surface area contributed by atoms with Crippen molar-refractivity contribution in [2.45, 2.75) is 12.8 Å². The zero-order valence-electron chi connectivity index (χ0n) is 10.3. The van der Waals surface area contributed by atoms with Gasteiger partial charge in [-0.05, 0) is 36.2 Å². The minimum Gasteiger partial charge on any atom is -0.399 e. The van der Waals surface area contributed by atoms with E-state index < -0.39 is 0 Å². The van der Waals surface area contributed by atoms with E-state index in [1.807, 2.05) is 24.3 Å². The molecule has 1 aromatic carbocycles. The third kappa shape index (κ3) is 2.40. The van der Waals surface area contributed by atoms with Crippen LogP contribution in [0, 0.1) is 5.82 Å². The molecule has 0 unspecified atom stereocenters. The van der Waals surface area contributed by atoms with Crippen LogP contribution in [0.3, 0.4) is 0 Å². The van der Waals surface area contributed by atoms with E-state index in [2.05, 4.69) is 10.2 Å². The van der Waals surface area contributed by atoms with Crippen molar-refractivity contribution in [3.8, 4) is 0 Å². The lowest BCUT2D eigenvalue weighted by Crippen LogP contribution is -1.99. The topological polar surface area (TPSA) is 56.2 Å². The normalized spacial score (nSPS) is 11.0. The Balaban J connectivity index is 1.84. The lowest BCUT2D eigenvalue weighted by atomic mass is 10.1. The molecule has 0 saturated carbocycles. The highest BCUT2D eigenvalue weighted by Crippen LogP contribution is 2.11. The number of benzene rings is 1. The lowest BCUT2D eigenvalue weighted by molar-refractivity contribution is 0.617. The van der Waals surface area contributed by atoms with E-state index in [1.54, 1.807) is 10.5 Å². The van der Waals surface area contributed by atoms with Gasteiger partial charge in [0.25, 0.3) is 0 Å². The molecule has 0 amide bonds. The minimum atomic E-state index is -0.294. The quantitative estimate of drug-likeness (QED) is 0.731. The standard InChI is InChI=1S/C14H13FN4/c15-11-5-7-14-18-17-13(19(14)9-11)6-4-10-2-1-3-12(16)8-10/h1-3,5,7-9H,4,6,16H2. The molecule has 2 aromatic heterocycles. The summed E-state index contributed by atoms with van der Waals surface area (Å²) in [6.45, 7) is 0. The Bertz CT molecular complexity index is 720. The fourth-order valence-electron chi connectivity index (χ4n) is 2.09. The monoisotopic (exact) mass is 256 g/mol. The van der Waals surface area contributed by atoms with Gasteiger partial charge in [-0.2, -0.15) is 0 Å². The van der Waals surface area contributed by atoms with Crippen LogP contribution < -0.4 is 5.73 Å². The highest BCUT2D eigenvalue weighted by molar-refractivity contribution is 5.41. The van der Waals surface area contributed by atoms with Gasteiger partial charge in [0.05, 0.1) is 0 Å². The van der Waals surface area contributed by atoms with Gasteiger partial charge in [0.1, 0.15) is 11.6 Å². The van der Waals surface area contributed by atoms with Gasteiger partial charge in [-0.3, -0.25) is 4.40 Å². The molecule has 0 aliphatic carbocycles. The maximum absolute atomic E-state index is 13.2. The molecule has 5 heteroatoms. The fourth-order valence-corrected chi connectivity index (χ4v) is 2.09. The van der Waals surface area contributed by atoms with E-state index in [4.69, 9.17) is 5.73 Å². The number of aromatic nitrogens is 3. The second kappa shape index (κ2) is 4.68. The van der Waals surface area contributed by atoms with Gasteiger partial charge in [0, 0.05) is 18.3 Å². The summed E-state index contributed by atoms with van der Waals surface area (Å²) >= 11 is 0. The van der Waals surface area contributed by atoms with Gasteiger partial charge in [0.2, 0.25) is 0 Å². The Morgan fingerprint density at radius 1 is 1.11 bits per heavy atom. The number of hydrogen-bond donors (Lipinski definition) is 1. The van der Waals surface area contributed by atoms with Gasteiger partial charge >= 0.3 is 0 Å². The molecule has 96 valence electrons. The summed E-state index contributed by atoms with van der Waals surface area (Å²) in [6.07, 6.45) is 2.89. The van der Waals surface area contributed by atoms with Crippen molar-refractivity contribution in [1.29, 1.82) is 0 Å². The number of rotatable bonds is 3. The first kappa shape index (κ1) is 11.6. The van der Waals surface area contributed by atoms with Crippen LogP contribution in [0.5, 0.6) is 0 Å². The third-order valence-electron chi connectivity index (χ3n) is 3.03. The molecule has 0 aliphatic rings. The van der Waals surface area contributed by atoms with E-state index in [0.29, 0.717) is 12.1 Å². The molecule has 0 atom stereocenters. The number of fused-ring (bicyclic) bond motifs is 1. The first-order valence-electron chi connectivity index (χ1n) is 6.06. The van der Waals surface area contributed by atoms with E-state index in [1.165, 1.54) is 12.3 Å². The summed E-state index contributed by atoms with van der Waals surface area (Å²) < 4.78 is 14.9. The highest BCUT2D eigenvalue weighted by Gasteiger charge is 2.06. The van der Waals surface area contributed by atoms with Crippen molar-refractivity contribution in [2.75, 3.05) is 5.73 Å². The SMILES string of the molecule is Nc1cccc(CCc2nnc3ccc(F)cn23)c1. The molecule has 0 bridgehead atoms. The molecule has 0 saturated heterocycles. The van der Waals surface area contributed by atoms with Crippen LogP contribution in [-0.2, 0) is 12.8 Å². The fraction of sp³-hybridized carbons (Fsp3) is 0.143. The second-order valence-corrected chi connectivity index (χ2v) is 4.44. The highest BCUT2D eigenvalue weighted by atomic mass is 19.1. The van der Waals surface area contributed by atoms with Crippen molar-refractivity contribution in [3.63, 3.8) is 0 Å². The van der Waals surface area contributed by atoms with E-state index in [-0.39, 0.29) is 5.82 Å². The minimum absolute atomic E-state index is 0.294. The second-order valence-electron chi connectivity index (χ2n) is 4.44. The van der Waals surface area contributed by atoms with Crippen LogP contribution in [-0.4, -0.2) is 14.6 Å². The lowest BCUT2D eigenvalue weighted by Gasteiger charge is -2.02. The van der Waals surface area contributed by atoms with Crippen molar-refractivity contribution < 1.29 is 4.39 Å². The van der Waals surface area contributed by atoms with Gasteiger partial charge in [-0.15, -0.1) is 10.2 Å². The molecule has 2 N–H and O–H groups in total. The Hall–Kier alpha value is -2.43. The number of halogens is 1. The summed E-state index contributed by atoms with van der Waals surface area (Å²) in [6, 6.07) is 10.7. The molecule has 19 heavy (non-hydrogen) atoms. The number of aryl methyl sites for hydroxylation is 2. The maximum atomic E-state index is 13.2. The zero-order valence-corrected chi connectivity index (χ0v) is 10.3. The Morgan fingerprint density at radius 3 is 2.84 bits per heavy atom. The third-order valence-corrected chi connectivity index (χ3v) is 3.03. The average molecular weight is 256 g/mol. The van der Waals surface area contributed by atoms with E-state index >= 15 is 0 Å². The van der Waals surface area contributed by atoms with Crippen LogP contribution in [0.2, 0.25) is 0 Å². The summed E-state index contributed by atoms with van der Waals surface area (Å²) in [4.78, 5) is 0. The average Bonchev–Trinajstić information content (AvgIpc) is 2.79. The molecule has 0 fully saturated rings. The molecule has 0 aliphatic heterocycles. The number of nitrogens with zero attached hydrogens (tertiary/aromatic N) is 3. The van der Waals surface area contributed by atoms with Crippen molar-refractivity contribution in [2.24, 2.45) is 0 Å². The number of pyridine rings is 1. The first-order chi connectivity index (χ1) is 9.22. The number of nitrogen functional groups attached to an aromatic ring is 1. The number of nitrogens with two attached hydrogens (primary N) is 1. The van der Waals surface area contributed by atoms with Gasteiger partial charge < -0.3 is 5.73 Å². The Morgan fingerprint density at radius 2 is 2.00 bits per heavy atom. The molecular weight excluding hydrogens is 243 g/mol. The van der Waals surface area contributed by atoms with Crippen LogP contribution >= 0.6 is 0 Å². The van der Waals surface area contributed by atoms with E-state index in [0.717, 1.165) is 23.5 Å². The molecule has 2 heterocycles. The largest absolute Gasteiger partial charge is 0.399 e.